The van der Waals surface area contributed by atoms with E-state index in [1.54, 1.807) is 14.2 Å². The van der Waals surface area contributed by atoms with Gasteiger partial charge in [-0.1, -0.05) is 6.07 Å². The molecule has 0 unspecified atom stereocenters. The Morgan fingerprint density at radius 3 is 2.30 bits per heavy atom. The first-order valence-corrected chi connectivity index (χ1v) is 7.24. The smallest absolute Gasteiger partial charge is 0.161 e. The van der Waals surface area contributed by atoms with Crippen molar-refractivity contribution >= 4 is 0 Å². The molecule has 0 spiro atoms. The van der Waals surface area contributed by atoms with Crippen molar-refractivity contribution in [3.05, 3.63) is 23.8 Å². The van der Waals surface area contributed by atoms with E-state index in [4.69, 9.17) is 14.2 Å². The molecule has 0 heterocycles. The fourth-order valence-corrected chi connectivity index (χ4v) is 2.76. The minimum atomic E-state index is 0.453. The summed E-state index contributed by atoms with van der Waals surface area (Å²) in [5, 5.41) is 3.62. The SMILES string of the molecule is COc1ccc(CNC2CCC(OC)CC2)cc1OC. The highest BCUT2D eigenvalue weighted by Crippen LogP contribution is 2.28. The van der Waals surface area contributed by atoms with Crippen LogP contribution in [0.5, 0.6) is 11.5 Å². The van der Waals surface area contributed by atoms with Crippen molar-refractivity contribution in [2.45, 2.75) is 44.4 Å². The summed E-state index contributed by atoms with van der Waals surface area (Å²) < 4.78 is 16.0. The molecule has 1 aromatic rings. The zero-order chi connectivity index (χ0) is 14.4. The Hall–Kier alpha value is -1.26. The lowest BCUT2D eigenvalue weighted by molar-refractivity contribution is 0.0624. The topological polar surface area (TPSA) is 39.7 Å². The van der Waals surface area contributed by atoms with Gasteiger partial charge in [-0.2, -0.15) is 0 Å². The van der Waals surface area contributed by atoms with E-state index in [1.165, 1.54) is 18.4 Å². The van der Waals surface area contributed by atoms with E-state index in [0.29, 0.717) is 12.1 Å². The monoisotopic (exact) mass is 279 g/mol. The van der Waals surface area contributed by atoms with Gasteiger partial charge in [0.05, 0.1) is 20.3 Å². The molecule has 1 fully saturated rings. The molecule has 0 radical (unpaired) electrons. The first-order valence-electron chi connectivity index (χ1n) is 7.24. The molecular weight excluding hydrogens is 254 g/mol. The van der Waals surface area contributed by atoms with Gasteiger partial charge in [0, 0.05) is 19.7 Å². The minimum absolute atomic E-state index is 0.453. The highest BCUT2D eigenvalue weighted by Gasteiger charge is 2.20. The van der Waals surface area contributed by atoms with E-state index < -0.39 is 0 Å². The summed E-state index contributed by atoms with van der Waals surface area (Å²) in [4.78, 5) is 0. The summed E-state index contributed by atoms with van der Waals surface area (Å²) >= 11 is 0. The summed E-state index contributed by atoms with van der Waals surface area (Å²) in [6, 6.07) is 6.66. The maximum atomic E-state index is 5.40. The zero-order valence-electron chi connectivity index (χ0n) is 12.6. The van der Waals surface area contributed by atoms with Crippen molar-refractivity contribution in [3.63, 3.8) is 0 Å². The fourth-order valence-electron chi connectivity index (χ4n) is 2.76. The highest BCUT2D eigenvalue weighted by atomic mass is 16.5. The number of rotatable bonds is 6. The fraction of sp³-hybridized carbons (Fsp3) is 0.625. The normalized spacial score (nSPS) is 22.6. The van der Waals surface area contributed by atoms with Crippen LogP contribution in [-0.2, 0) is 11.3 Å². The van der Waals surface area contributed by atoms with Crippen molar-refractivity contribution in [1.82, 2.24) is 5.32 Å². The Balaban J connectivity index is 1.85. The van der Waals surface area contributed by atoms with Crippen molar-refractivity contribution in [2.24, 2.45) is 0 Å². The van der Waals surface area contributed by atoms with Crippen LogP contribution in [0.25, 0.3) is 0 Å². The molecule has 1 N–H and O–H groups in total. The zero-order valence-corrected chi connectivity index (χ0v) is 12.6. The van der Waals surface area contributed by atoms with Crippen LogP contribution in [0.3, 0.4) is 0 Å². The number of benzene rings is 1. The Labute approximate surface area is 121 Å². The van der Waals surface area contributed by atoms with Crippen molar-refractivity contribution < 1.29 is 14.2 Å². The van der Waals surface area contributed by atoms with Crippen LogP contribution in [0.4, 0.5) is 0 Å². The molecule has 0 aromatic heterocycles. The summed E-state index contributed by atoms with van der Waals surface area (Å²) in [6.07, 6.45) is 5.13. The standard InChI is InChI=1S/C16H25NO3/c1-18-14-7-5-13(6-8-14)17-11-12-4-9-15(19-2)16(10-12)20-3/h4,9-10,13-14,17H,5-8,11H2,1-3H3. The van der Waals surface area contributed by atoms with Gasteiger partial charge in [-0.3, -0.25) is 0 Å². The van der Waals surface area contributed by atoms with Gasteiger partial charge in [0.2, 0.25) is 0 Å². The lowest BCUT2D eigenvalue weighted by Crippen LogP contribution is -2.34. The Kier molecular flexibility index (Phi) is 5.68. The molecule has 1 aliphatic carbocycles. The van der Waals surface area contributed by atoms with E-state index in [1.807, 2.05) is 19.2 Å². The summed E-state index contributed by atoms with van der Waals surface area (Å²) in [7, 11) is 5.13. The molecule has 2 rings (SSSR count). The molecule has 0 atom stereocenters. The third kappa shape index (κ3) is 3.87. The number of ether oxygens (including phenoxy) is 3. The second kappa shape index (κ2) is 7.50. The van der Waals surface area contributed by atoms with Gasteiger partial charge in [-0.15, -0.1) is 0 Å². The molecule has 0 saturated heterocycles. The van der Waals surface area contributed by atoms with E-state index in [0.717, 1.165) is 30.9 Å². The van der Waals surface area contributed by atoms with E-state index >= 15 is 0 Å². The third-order valence-electron chi connectivity index (χ3n) is 4.05. The predicted molar refractivity (Wildman–Crippen MR) is 79.4 cm³/mol. The second-order valence-corrected chi connectivity index (χ2v) is 5.28. The quantitative estimate of drug-likeness (QED) is 0.869. The van der Waals surface area contributed by atoms with Crippen molar-refractivity contribution in [1.29, 1.82) is 0 Å². The first kappa shape index (κ1) is 15.1. The highest BCUT2D eigenvalue weighted by molar-refractivity contribution is 5.42. The summed E-state index contributed by atoms with van der Waals surface area (Å²) in [5.41, 5.74) is 1.22. The second-order valence-electron chi connectivity index (χ2n) is 5.28. The van der Waals surface area contributed by atoms with E-state index in [-0.39, 0.29) is 0 Å². The molecular formula is C16H25NO3. The van der Waals surface area contributed by atoms with Crippen LogP contribution < -0.4 is 14.8 Å². The molecule has 112 valence electrons. The number of methoxy groups -OCH3 is 3. The summed E-state index contributed by atoms with van der Waals surface area (Å²) in [5.74, 6) is 1.56. The van der Waals surface area contributed by atoms with Gasteiger partial charge < -0.3 is 19.5 Å². The Morgan fingerprint density at radius 2 is 1.70 bits per heavy atom. The van der Waals surface area contributed by atoms with Gasteiger partial charge in [0.1, 0.15) is 0 Å². The van der Waals surface area contributed by atoms with Gasteiger partial charge in [-0.25, -0.2) is 0 Å². The van der Waals surface area contributed by atoms with Gasteiger partial charge >= 0.3 is 0 Å². The van der Waals surface area contributed by atoms with Crippen LogP contribution >= 0.6 is 0 Å². The number of hydrogen-bond acceptors (Lipinski definition) is 4. The van der Waals surface area contributed by atoms with Gasteiger partial charge in [-0.05, 0) is 43.4 Å². The molecule has 4 nitrogen and oxygen atoms in total. The molecule has 20 heavy (non-hydrogen) atoms. The Bertz CT molecular complexity index is 414. The molecule has 1 aliphatic rings. The minimum Gasteiger partial charge on any atom is -0.493 e. The number of nitrogens with one attached hydrogen (secondary N) is 1. The lowest BCUT2D eigenvalue weighted by Gasteiger charge is -2.28. The first-order chi connectivity index (χ1) is 9.76. The number of hydrogen-bond donors (Lipinski definition) is 1. The average Bonchev–Trinajstić information content (AvgIpc) is 2.53. The molecule has 4 heteroatoms. The maximum Gasteiger partial charge on any atom is 0.161 e. The van der Waals surface area contributed by atoms with E-state index in [2.05, 4.69) is 11.4 Å². The third-order valence-corrected chi connectivity index (χ3v) is 4.05. The molecule has 0 bridgehead atoms. The molecule has 0 aliphatic heterocycles. The largest absolute Gasteiger partial charge is 0.493 e. The van der Waals surface area contributed by atoms with Crippen LogP contribution in [0.15, 0.2) is 18.2 Å². The van der Waals surface area contributed by atoms with Crippen LogP contribution in [0, 0.1) is 0 Å². The van der Waals surface area contributed by atoms with Crippen molar-refractivity contribution in [2.75, 3.05) is 21.3 Å². The lowest BCUT2D eigenvalue weighted by atomic mass is 9.93. The maximum absolute atomic E-state index is 5.40. The molecule has 1 saturated carbocycles. The molecule has 1 aromatic carbocycles. The molecule has 0 amide bonds. The van der Waals surface area contributed by atoms with Gasteiger partial charge in [0.25, 0.3) is 0 Å². The summed E-state index contributed by atoms with van der Waals surface area (Å²) in [6.45, 7) is 0.864. The predicted octanol–water partition coefficient (Wildman–Crippen LogP) is 2.75. The average molecular weight is 279 g/mol. The van der Waals surface area contributed by atoms with Gasteiger partial charge in [0.15, 0.2) is 11.5 Å². The van der Waals surface area contributed by atoms with Crippen LogP contribution in [0.1, 0.15) is 31.2 Å². The van der Waals surface area contributed by atoms with Crippen LogP contribution in [0.2, 0.25) is 0 Å². The van der Waals surface area contributed by atoms with Crippen molar-refractivity contribution in [3.8, 4) is 11.5 Å². The van der Waals surface area contributed by atoms with E-state index in [9.17, 15) is 0 Å². The Morgan fingerprint density at radius 1 is 1.00 bits per heavy atom. The van der Waals surface area contributed by atoms with Crippen LogP contribution in [-0.4, -0.2) is 33.5 Å².